The zero-order valence-corrected chi connectivity index (χ0v) is 21.4. The molecule has 29 heavy (non-hydrogen) atoms. The molecule has 0 aliphatic heterocycles. The zero-order chi connectivity index (χ0) is 19.5. The molecule has 4 rings (SSSR count). The molecule has 0 spiro atoms. The summed E-state index contributed by atoms with van der Waals surface area (Å²) in [6.45, 7) is 6.58. The van der Waals surface area contributed by atoms with Crippen molar-refractivity contribution in [3.8, 4) is 0 Å². The monoisotopic (exact) mass is 500 g/mol. The van der Waals surface area contributed by atoms with Crippen molar-refractivity contribution in [2.75, 3.05) is 0 Å². The summed E-state index contributed by atoms with van der Waals surface area (Å²) >= 11 is 1.51. The van der Waals surface area contributed by atoms with Gasteiger partial charge in [0.25, 0.3) is 0 Å². The Kier molecular flexibility index (Phi) is 15.1. The van der Waals surface area contributed by atoms with Gasteiger partial charge in [-0.05, 0) is 0 Å². The van der Waals surface area contributed by atoms with Crippen LogP contribution in [-0.4, -0.2) is 3.21 Å². The Morgan fingerprint density at radius 2 is 1.59 bits per heavy atom. The van der Waals surface area contributed by atoms with Crippen molar-refractivity contribution >= 4 is 14.0 Å². The van der Waals surface area contributed by atoms with Crippen LogP contribution in [0.25, 0.3) is 10.8 Å². The van der Waals surface area contributed by atoms with Gasteiger partial charge < -0.3 is 24.8 Å². The molecule has 0 radical (unpaired) electrons. The van der Waals surface area contributed by atoms with E-state index in [0.717, 1.165) is 6.42 Å². The van der Waals surface area contributed by atoms with Crippen molar-refractivity contribution in [2.45, 2.75) is 40.0 Å². The van der Waals surface area contributed by atoms with E-state index in [1.807, 2.05) is 6.07 Å². The molecular weight excluding hydrogens is 474 g/mol. The quantitative estimate of drug-likeness (QED) is 0.473. The largest absolute Gasteiger partial charge is 1.00 e. The Balaban J connectivity index is 0.000000392. The van der Waals surface area contributed by atoms with Crippen molar-refractivity contribution in [1.82, 2.24) is 0 Å². The Bertz CT molecular complexity index is 874. The van der Waals surface area contributed by atoms with Crippen LogP contribution in [0.1, 0.15) is 45.6 Å². The van der Waals surface area contributed by atoms with Crippen LogP contribution in [0.4, 0.5) is 0 Å². The molecule has 0 unspecified atom stereocenters. The third kappa shape index (κ3) is 9.48. The van der Waals surface area contributed by atoms with E-state index in [4.69, 9.17) is 0 Å². The minimum atomic E-state index is 0. The van der Waals surface area contributed by atoms with Crippen LogP contribution in [0, 0.1) is 6.08 Å². The summed E-state index contributed by atoms with van der Waals surface area (Å²) in [6, 6.07) is 25.1. The predicted octanol–water partition coefficient (Wildman–Crippen LogP) is 1.21. The van der Waals surface area contributed by atoms with E-state index in [-0.39, 0.29) is 24.8 Å². The first-order valence-electron chi connectivity index (χ1n) is 9.64. The number of allylic oxidation sites excluding steroid dienone is 4. The van der Waals surface area contributed by atoms with Crippen molar-refractivity contribution in [3.63, 3.8) is 0 Å². The second kappa shape index (κ2) is 15.7. The fourth-order valence-corrected chi connectivity index (χ4v) is 3.38. The maximum atomic E-state index is 3.23. The molecule has 0 amide bonds. The molecule has 0 bridgehead atoms. The zero-order valence-electron chi connectivity index (χ0n) is 17.4. The van der Waals surface area contributed by atoms with E-state index >= 15 is 0 Å². The first kappa shape index (κ1) is 27.9. The first-order chi connectivity index (χ1) is 13.2. The van der Waals surface area contributed by atoms with Gasteiger partial charge in [0.05, 0.1) is 0 Å². The van der Waals surface area contributed by atoms with Gasteiger partial charge in [-0.1, -0.05) is 32.8 Å². The average Bonchev–Trinajstić information content (AvgIpc) is 3.38. The SMILES string of the molecule is CCC1=C(CC)C[C-]=C1.C[C](=[Zr+2])c1ccccc1.[Cl-].[Cl-].c1ccc2[cH-]ccc2c1. The van der Waals surface area contributed by atoms with E-state index in [1.54, 1.807) is 5.57 Å². The van der Waals surface area contributed by atoms with Crippen LogP contribution in [-0.2, 0) is 24.2 Å². The van der Waals surface area contributed by atoms with E-state index in [0.29, 0.717) is 0 Å². The van der Waals surface area contributed by atoms with Crippen molar-refractivity contribution < 1.29 is 49.0 Å². The van der Waals surface area contributed by atoms with Gasteiger partial charge in [-0.3, -0.25) is 6.08 Å². The summed E-state index contributed by atoms with van der Waals surface area (Å²) in [7, 11) is 0. The van der Waals surface area contributed by atoms with Crippen LogP contribution >= 0.6 is 0 Å². The molecule has 0 aromatic heterocycles. The maximum Gasteiger partial charge on any atom is -0.0809 e. The second-order valence-electron chi connectivity index (χ2n) is 6.51. The maximum absolute atomic E-state index is 3.23. The molecule has 1 aliphatic carbocycles. The van der Waals surface area contributed by atoms with Gasteiger partial charge in [-0.15, -0.1) is 36.1 Å². The Morgan fingerprint density at radius 3 is 2.10 bits per heavy atom. The number of benzene rings is 2. The third-order valence-electron chi connectivity index (χ3n) is 4.61. The Morgan fingerprint density at radius 1 is 0.931 bits per heavy atom. The molecular formula is C26H28Cl2Zr-2. The molecule has 3 heteroatoms. The molecule has 1 aliphatic rings. The molecule has 0 saturated heterocycles. The van der Waals surface area contributed by atoms with Crippen molar-refractivity contribution in [1.29, 1.82) is 0 Å². The van der Waals surface area contributed by atoms with Gasteiger partial charge in [-0.2, -0.15) is 28.7 Å². The predicted molar refractivity (Wildman–Crippen MR) is 116 cm³/mol. The Labute approximate surface area is 203 Å². The summed E-state index contributed by atoms with van der Waals surface area (Å²) in [4.78, 5) is 0. The molecule has 0 saturated carbocycles. The molecule has 0 N–H and O–H groups in total. The number of halogens is 2. The average molecular weight is 503 g/mol. The molecule has 0 atom stereocenters. The smallest absolute Gasteiger partial charge is 0.0809 e. The molecule has 0 fully saturated rings. The molecule has 3 aromatic carbocycles. The first-order valence-corrected chi connectivity index (χ1v) is 10.9. The van der Waals surface area contributed by atoms with Crippen LogP contribution in [0.2, 0.25) is 0 Å². The van der Waals surface area contributed by atoms with Gasteiger partial charge in [0, 0.05) is 0 Å². The molecule has 3 aromatic rings. The van der Waals surface area contributed by atoms with Gasteiger partial charge in [0.1, 0.15) is 0 Å². The minimum absolute atomic E-state index is 0. The van der Waals surface area contributed by atoms with Gasteiger partial charge in [-0.25, -0.2) is 6.08 Å². The van der Waals surface area contributed by atoms with E-state index in [2.05, 4.69) is 99.7 Å². The van der Waals surface area contributed by atoms with Crippen LogP contribution in [0.5, 0.6) is 0 Å². The summed E-state index contributed by atoms with van der Waals surface area (Å²) in [5.74, 6) is 0. The van der Waals surface area contributed by atoms with E-state index in [1.165, 1.54) is 62.2 Å². The molecule has 152 valence electrons. The normalized spacial score (nSPS) is 11.5. The van der Waals surface area contributed by atoms with Crippen molar-refractivity contribution in [3.05, 3.63) is 102 Å². The topological polar surface area (TPSA) is 0 Å². The second-order valence-corrected chi connectivity index (χ2v) is 8.35. The van der Waals surface area contributed by atoms with E-state index < -0.39 is 0 Å². The van der Waals surface area contributed by atoms with Gasteiger partial charge in [0.15, 0.2) is 0 Å². The van der Waals surface area contributed by atoms with Gasteiger partial charge >= 0.3 is 70.3 Å². The number of hydrogen-bond donors (Lipinski definition) is 0. The van der Waals surface area contributed by atoms with E-state index in [9.17, 15) is 0 Å². The van der Waals surface area contributed by atoms with Crippen LogP contribution in [0.15, 0.2) is 90.0 Å². The molecule has 0 heterocycles. The minimum Gasteiger partial charge on any atom is -1.00 e. The number of rotatable bonds is 3. The van der Waals surface area contributed by atoms with Crippen LogP contribution in [0.3, 0.4) is 0 Å². The summed E-state index contributed by atoms with van der Waals surface area (Å²) < 4.78 is 1.46. The fraction of sp³-hybridized carbons (Fsp3) is 0.231. The third-order valence-corrected chi connectivity index (χ3v) is 5.32. The van der Waals surface area contributed by atoms with Gasteiger partial charge in [0.2, 0.25) is 0 Å². The fourth-order valence-electron chi connectivity index (χ4n) is 2.98. The molecule has 0 nitrogen and oxygen atoms in total. The summed E-state index contributed by atoms with van der Waals surface area (Å²) in [5.41, 5.74) is 4.46. The number of fused-ring (bicyclic) bond motifs is 1. The summed E-state index contributed by atoms with van der Waals surface area (Å²) in [6.07, 6.45) is 8.82. The Hall–Kier alpha value is -1.14. The van der Waals surface area contributed by atoms with Crippen molar-refractivity contribution in [2.24, 2.45) is 0 Å². The summed E-state index contributed by atoms with van der Waals surface area (Å²) in [5, 5.41) is 2.66. The number of hydrogen-bond acceptors (Lipinski definition) is 0. The standard InChI is InChI=1S/C9H7.C9H13.C8H8.2ClH.Zr/c1-2-5-9-7-3-6-8(9)4-1;1-3-8-6-5-7-9(8)4-2;1-2-8-6-4-3-5-7-8;;;/h1-7H;6H,3-4,7H2,1-2H3;3-7H,1H3;2*1H;/q2*-1;;;;+2/p-2. The van der Waals surface area contributed by atoms with Crippen LogP contribution < -0.4 is 24.8 Å².